The van der Waals surface area contributed by atoms with Crippen molar-refractivity contribution in [2.45, 2.75) is 6.54 Å². The van der Waals surface area contributed by atoms with E-state index in [0.717, 1.165) is 10.5 Å². The van der Waals surface area contributed by atoms with Crippen LogP contribution >= 0.6 is 15.9 Å². The lowest BCUT2D eigenvalue weighted by Crippen LogP contribution is -2.05. The van der Waals surface area contributed by atoms with Crippen LogP contribution < -0.4 is 0 Å². The molecule has 0 atom stereocenters. The van der Waals surface area contributed by atoms with Crippen molar-refractivity contribution in [2.24, 2.45) is 0 Å². The van der Waals surface area contributed by atoms with Gasteiger partial charge in [-0.2, -0.15) is 5.10 Å². The van der Waals surface area contributed by atoms with Gasteiger partial charge < -0.3 is 5.11 Å². The van der Waals surface area contributed by atoms with Crippen LogP contribution in [0.3, 0.4) is 0 Å². The highest BCUT2D eigenvalue weighted by Crippen LogP contribution is 2.14. The molecule has 0 aliphatic rings. The third kappa shape index (κ3) is 2.71. The largest absolute Gasteiger partial charge is 0.478 e. The van der Waals surface area contributed by atoms with Crippen LogP contribution in [0.5, 0.6) is 0 Å². The van der Waals surface area contributed by atoms with Crippen LogP contribution in [-0.4, -0.2) is 20.9 Å². The van der Waals surface area contributed by atoms with Crippen molar-refractivity contribution in [1.29, 1.82) is 0 Å². The molecule has 1 N–H and O–H groups in total. The van der Waals surface area contributed by atoms with E-state index in [1.165, 1.54) is 16.8 Å². The number of aromatic carboxylic acids is 1. The lowest BCUT2D eigenvalue weighted by atomic mass is 10.1. The van der Waals surface area contributed by atoms with Gasteiger partial charge in [-0.05, 0) is 34.1 Å². The molecule has 1 heterocycles. The Kier molecular flexibility index (Phi) is 3.23. The molecule has 17 heavy (non-hydrogen) atoms. The van der Waals surface area contributed by atoms with E-state index in [1.807, 2.05) is 0 Å². The van der Waals surface area contributed by atoms with Crippen molar-refractivity contribution >= 4 is 21.9 Å². The van der Waals surface area contributed by atoms with Gasteiger partial charge in [0.2, 0.25) is 0 Å². The Labute approximate surface area is 105 Å². The molecule has 0 fully saturated rings. The fourth-order valence-corrected chi connectivity index (χ4v) is 1.76. The minimum Gasteiger partial charge on any atom is -0.478 e. The summed E-state index contributed by atoms with van der Waals surface area (Å²) in [6.45, 7) is 0.193. The summed E-state index contributed by atoms with van der Waals surface area (Å²) in [5, 5.41) is 12.8. The summed E-state index contributed by atoms with van der Waals surface area (Å²) >= 11 is 3.23. The van der Waals surface area contributed by atoms with E-state index in [1.54, 1.807) is 12.4 Å². The second-order valence-electron chi connectivity index (χ2n) is 3.47. The molecule has 1 aromatic heterocycles. The van der Waals surface area contributed by atoms with Gasteiger partial charge >= 0.3 is 5.97 Å². The Morgan fingerprint density at radius 3 is 2.88 bits per heavy atom. The van der Waals surface area contributed by atoms with E-state index in [4.69, 9.17) is 5.11 Å². The monoisotopic (exact) mass is 298 g/mol. The Hall–Kier alpha value is -1.69. The van der Waals surface area contributed by atoms with Crippen molar-refractivity contribution < 1.29 is 14.3 Å². The minimum atomic E-state index is -1.08. The second kappa shape index (κ2) is 4.67. The van der Waals surface area contributed by atoms with Crippen LogP contribution in [0.1, 0.15) is 15.9 Å². The summed E-state index contributed by atoms with van der Waals surface area (Å²) in [5.41, 5.74) is 0.355. The molecule has 0 spiro atoms. The summed E-state index contributed by atoms with van der Waals surface area (Å²) in [4.78, 5) is 10.8. The summed E-state index contributed by atoms with van der Waals surface area (Å²) in [6.07, 6.45) is 3.27. The van der Waals surface area contributed by atoms with Gasteiger partial charge in [0.15, 0.2) is 0 Å². The first-order valence-electron chi connectivity index (χ1n) is 4.76. The number of nitrogens with zero attached hydrogens (tertiary/aromatic N) is 2. The normalized spacial score (nSPS) is 10.5. The van der Waals surface area contributed by atoms with Crippen molar-refractivity contribution in [2.75, 3.05) is 0 Å². The number of carboxylic acid groups (broad SMARTS) is 1. The quantitative estimate of drug-likeness (QED) is 0.947. The molecule has 0 amide bonds. The molecule has 2 rings (SSSR count). The first-order chi connectivity index (χ1) is 8.06. The van der Waals surface area contributed by atoms with Crippen molar-refractivity contribution in [3.05, 3.63) is 52.0 Å². The molecule has 0 aliphatic carbocycles. The van der Waals surface area contributed by atoms with Gasteiger partial charge in [0, 0.05) is 11.8 Å². The highest BCUT2D eigenvalue weighted by Gasteiger charge is 2.09. The fourth-order valence-electron chi connectivity index (χ4n) is 1.43. The molecule has 0 radical (unpaired) electrons. The smallest absolute Gasteiger partial charge is 0.335 e. The maximum absolute atomic E-state index is 13.5. The summed E-state index contributed by atoms with van der Waals surface area (Å²) < 4.78 is 15.8. The molecule has 0 aliphatic heterocycles. The van der Waals surface area contributed by atoms with Gasteiger partial charge in [0.05, 0.1) is 22.8 Å². The van der Waals surface area contributed by atoms with Crippen LogP contribution in [0.2, 0.25) is 0 Å². The number of rotatable bonds is 3. The molecule has 0 unspecified atom stereocenters. The molecule has 0 bridgehead atoms. The van der Waals surface area contributed by atoms with Gasteiger partial charge in [-0.3, -0.25) is 4.68 Å². The SMILES string of the molecule is O=C(O)c1ccc(F)c(Cn2cc(Br)cn2)c1. The van der Waals surface area contributed by atoms with E-state index in [9.17, 15) is 9.18 Å². The molecule has 2 aromatic rings. The first kappa shape index (κ1) is 11.8. The second-order valence-corrected chi connectivity index (χ2v) is 4.38. The van der Waals surface area contributed by atoms with E-state index < -0.39 is 11.8 Å². The zero-order valence-electron chi connectivity index (χ0n) is 8.60. The van der Waals surface area contributed by atoms with E-state index in [2.05, 4.69) is 21.0 Å². The van der Waals surface area contributed by atoms with Crippen LogP contribution in [0.4, 0.5) is 4.39 Å². The number of hydrogen-bond donors (Lipinski definition) is 1. The zero-order chi connectivity index (χ0) is 12.4. The van der Waals surface area contributed by atoms with E-state index in [-0.39, 0.29) is 12.1 Å². The third-order valence-electron chi connectivity index (χ3n) is 2.23. The maximum Gasteiger partial charge on any atom is 0.335 e. The first-order valence-corrected chi connectivity index (χ1v) is 5.55. The molecule has 0 saturated carbocycles. The molecule has 4 nitrogen and oxygen atoms in total. The fraction of sp³-hybridized carbons (Fsp3) is 0.0909. The minimum absolute atomic E-state index is 0.0626. The Bertz CT molecular complexity index is 568. The summed E-state index contributed by atoms with van der Waals surface area (Å²) in [6, 6.07) is 3.70. The molecular formula is C11H8BrFN2O2. The molecule has 0 saturated heterocycles. The number of carbonyl (C=O) groups is 1. The Morgan fingerprint density at radius 1 is 1.53 bits per heavy atom. The lowest BCUT2D eigenvalue weighted by molar-refractivity contribution is 0.0696. The van der Waals surface area contributed by atoms with Crippen LogP contribution in [0.15, 0.2) is 35.1 Å². The Balaban J connectivity index is 2.31. The lowest BCUT2D eigenvalue weighted by Gasteiger charge is -2.04. The number of hydrogen-bond acceptors (Lipinski definition) is 2. The molecule has 1 aromatic carbocycles. The molecule has 88 valence electrons. The number of halogens is 2. The number of aromatic nitrogens is 2. The zero-order valence-corrected chi connectivity index (χ0v) is 10.2. The van der Waals surface area contributed by atoms with Crippen molar-refractivity contribution in [3.8, 4) is 0 Å². The average molecular weight is 299 g/mol. The third-order valence-corrected chi connectivity index (χ3v) is 2.64. The highest BCUT2D eigenvalue weighted by molar-refractivity contribution is 9.10. The predicted molar refractivity (Wildman–Crippen MR) is 62.4 cm³/mol. The van der Waals surface area contributed by atoms with Gasteiger partial charge in [0.1, 0.15) is 5.82 Å². The maximum atomic E-state index is 13.5. The van der Waals surface area contributed by atoms with Crippen LogP contribution in [0.25, 0.3) is 0 Å². The van der Waals surface area contributed by atoms with Crippen molar-refractivity contribution in [1.82, 2.24) is 9.78 Å². The van der Waals surface area contributed by atoms with Crippen molar-refractivity contribution in [3.63, 3.8) is 0 Å². The number of benzene rings is 1. The molecule has 6 heteroatoms. The highest BCUT2D eigenvalue weighted by atomic mass is 79.9. The van der Waals surface area contributed by atoms with Gasteiger partial charge in [-0.25, -0.2) is 9.18 Å². The number of carboxylic acids is 1. The predicted octanol–water partition coefficient (Wildman–Crippen LogP) is 2.53. The Morgan fingerprint density at radius 2 is 2.29 bits per heavy atom. The van der Waals surface area contributed by atoms with Gasteiger partial charge in [-0.15, -0.1) is 0 Å². The van der Waals surface area contributed by atoms with E-state index >= 15 is 0 Å². The van der Waals surface area contributed by atoms with E-state index in [0.29, 0.717) is 5.56 Å². The average Bonchev–Trinajstić information content (AvgIpc) is 2.67. The summed E-state index contributed by atoms with van der Waals surface area (Å²) in [7, 11) is 0. The summed E-state index contributed by atoms with van der Waals surface area (Å²) in [5.74, 6) is -1.52. The van der Waals surface area contributed by atoms with Gasteiger partial charge in [0.25, 0.3) is 0 Å². The standard InChI is InChI=1S/C11H8BrFN2O2/c12-9-4-14-15(6-9)5-8-3-7(11(16)17)1-2-10(8)13/h1-4,6H,5H2,(H,16,17). The molecular weight excluding hydrogens is 291 g/mol. The van der Waals surface area contributed by atoms with Gasteiger partial charge in [-0.1, -0.05) is 0 Å². The van der Waals surface area contributed by atoms with Crippen LogP contribution in [0, 0.1) is 5.82 Å². The topological polar surface area (TPSA) is 55.1 Å². The van der Waals surface area contributed by atoms with Crippen LogP contribution in [-0.2, 0) is 6.54 Å².